The predicted octanol–water partition coefficient (Wildman–Crippen LogP) is 4.03. The lowest BCUT2D eigenvalue weighted by Gasteiger charge is -2.22. The van der Waals surface area contributed by atoms with E-state index in [1.54, 1.807) is 18.4 Å². The van der Waals surface area contributed by atoms with Crippen LogP contribution in [0.3, 0.4) is 0 Å². The second kappa shape index (κ2) is 13.8. The van der Waals surface area contributed by atoms with Crippen LogP contribution in [0.1, 0.15) is 16.9 Å². The first-order valence-electron chi connectivity index (χ1n) is 8.87. The quantitative estimate of drug-likeness (QED) is 0.230. The third-order valence-electron chi connectivity index (χ3n) is 3.96. The van der Waals surface area contributed by atoms with Crippen molar-refractivity contribution in [3.05, 3.63) is 52.2 Å². The molecule has 0 aliphatic carbocycles. The molecule has 0 spiro atoms. The zero-order chi connectivity index (χ0) is 18.6. The number of hydrogen-bond acceptors (Lipinski definition) is 4. The zero-order valence-corrected chi connectivity index (χ0v) is 19.5. The molecular weight excluding hydrogens is 473 g/mol. The summed E-state index contributed by atoms with van der Waals surface area (Å²) in [6, 6.07) is 12.4. The summed E-state index contributed by atoms with van der Waals surface area (Å²) in [4.78, 5) is 7.94. The van der Waals surface area contributed by atoms with Crippen molar-refractivity contribution in [2.45, 2.75) is 19.4 Å². The van der Waals surface area contributed by atoms with Crippen molar-refractivity contribution < 1.29 is 9.47 Å². The van der Waals surface area contributed by atoms with E-state index in [1.165, 1.54) is 10.4 Å². The van der Waals surface area contributed by atoms with E-state index in [0.29, 0.717) is 13.2 Å². The van der Waals surface area contributed by atoms with Gasteiger partial charge in [-0.2, -0.15) is 0 Å². The summed E-state index contributed by atoms with van der Waals surface area (Å²) in [5.74, 6) is 1.79. The number of halogens is 1. The van der Waals surface area contributed by atoms with Gasteiger partial charge in [0.2, 0.25) is 0 Å². The molecule has 0 radical (unpaired) electrons. The maximum absolute atomic E-state index is 5.76. The van der Waals surface area contributed by atoms with Gasteiger partial charge < -0.3 is 19.7 Å². The molecule has 1 aromatic heterocycles. The summed E-state index contributed by atoms with van der Waals surface area (Å²) in [5.41, 5.74) is 1.17. The SMILES string of the molecule is CN=C(NCc1cccc(OCCCOC)c1)N(C)CCc1cccs1.I. The number of benzene rings is 1. The Labute approximate surface area is 183 Å². The van der Waals surface area contributed by atoms with Gasteiger partial charge in [0.05, 0.1) is 6.61 Å². The Balaban J connectivity index is 0.00000364. The first-order chi connectivity index (χ1) is 12.7. The first-order valence-corrected chi connectivity index (χ1v) is 9.75. The highest BCUT2D eigenvalue weighted by atomic mass is 127. The van der Waals surface area contributed by atoms with E-state index in [2.05, 4.69) is 51.9 Å². The van der Waals surface area contributed by atoms with Crippen LogP contribution < -0.4 is 10.1 Å². The van der Waals surface area contributed by atoms with Crippen molar-refractivity contribution in [2.75, 3.05) is 41.0 Å². The Hall–Kier alpha value is -1.32. The Morgan fingerprint density at radius 3 is 2.78 bits per heavy atom. The van der Waals surface area contributed by atoms with Gasteiger partial charge in [0, 0.05) is 52.2 Å². The fourth-order valence-electron chi connectivity index (χ4n) is 2.54. The summed E-state index contributed by atoms with van der Waals surface area (Å²) < 4.78 is 10.8. The second-order valence-corrected chi connectivity index (χ2v) is 7.03. The Kier molecular flexibility index (Phi) is 12.1. The molecule has 0 saturated heterocycles. The minimum absolute atomic E-state index is 0. The molecule has 1 N–H and O–H groups in total. The summed E-state index contributed by atoms with van der Waals surface area (Å²) in [6.07, 6.45) is 1.92. The Morgan fingerprint density at radius 1 is 1.22 bits per heavy atom. The molecule has 0 unspecified atom stereocenters. The Morgan fingerprint density at radius 2 is 2.07 bits per heavy atom. The topological polar surface area (TPSA) is 46.1 Å². The monoisotopic (exact) mass is 503 g/mol. The number of nitrogens with zero attached hydrogens (tertiary/aromatic N) is 2. The molecule has 0 atom stereocenters. The van der Waals surface area contributed by atoms with Crippen molar-refractivity contribution in [1.29, 1.82) is 0 Å². The Bertz CT molecular complexity index is 665. The fraction of sp³-hybridized carbons (Fsp3) is 0.450. The number of guanidine groups is 1. The van der Waals surface area contributed by atoms with Crippen LogP contribution in [0.5, 0.6) is 5.75 Å². The predicted molar refractivity (Wildman–Crippen MR) is 125 cm³/mol. The van der Waals surface area contributed by atoms with Gasteiger partial charge in [0.25, 0.3) is 0 Å². The number of methoxy groups -OCH3 is 1. The van der Waals surface area contributed by atoms with Crippen LogP contribution in [-0.2, 0) is 17.7 Å². The number of rotatable bonds is 10. The maximum Gasteiger partial charge on any atom is 0.193 e. The molecular formula is C20H30IN3O2S. The molecule has 0 bridgehead atoms. The number of likely N-dealkylation sites (N-methyl/N-ethyl adjacent to an activating group) is 1. The largest absolute Gasteiger partial charge is 0.493 e. The molecule has 0 aliphatic rings. The number of ether oxygens (including phenoxy) is 2. The third kappa shape index (κ3) is 8.94. The molecule has 150 valence electrons. The molecule has 1 heterocycles. The summed E-state index contributed by atoms with van der Waals surface area (Å²) >= 11 is 1.80. The van der Waals surface area contributed by atoms with E-state index in [-0.39, 0.29) is 24.0 Å². The van der Waals surface area contributed by atoms with Crippen LogP contribution >= 0.6 is 35.3 Å². The lowest BCUT2D eigenvalue weighted by atomic mass is 10.2. The van der Waals surface area contributed by atoms with Crippen LogP contribution in [0, 0.1) is 0 Å². The van der Waals surface area contributed by atoms with Gasteiger partial charge in [-0.3, -0.25) is 4.99 Å². The van der Waals surface area contributed by atoms with Gasteiger partial charge in [-0.05, 0) is 35.6 Å². The van der Waals surface area contributed by atoms with Gasteiger partial charge >= 0.3 is 0 Å². The highest BCUT2D eigenvalue weighted by Gasteiger charge is 2.07. The molecule has 27 heavy (non-hydrogen) atoms. The molecule has 0 saturated carbocycles. The van der Waals surface area contributed by atoms with Gasteiger partial charge in [0.15, 0.2) is 5.96 Å². The lowest BCUT2D eigenvalue weighted by molar-refractivity contribution is 0.172. The van der Waals surface area contributed by atoms with Gasteiger partial charge in [0.1, 0.15) is 5.75 Å². The number of hydrogen-bond donors (Lipinski definition) is 1. The van der Waals surface area contributed by atoms with Crippen molar-refractivity contribution in [3.63, 3.8) is 0 Å². The molecule has 0 aliphatic heterocycles. The highest BCUT2D eigenvalue weighted by molar-refractivity contribution is 14.0. The molecule has 0 amide bonds. The van der Waals surface area contributed by atoms with Crippen molar-refractivity contribution in [2.24, 2.45) is 4.99 Å². The molecule has 7 heteroatoms. The fourth-order valence-corrected chi connectivity index (χ4v) is 3.24. The third-order valence-corrected chi connectivity index (χ3v) is 4.89. The van der Waals surface area contributed by atoms with E-state index in [4.69, 9.17) is 9.47 Å². The van der Waals surface area contributed by atoms with Crippen LogP contribution in [0.25, 0.3) is 0 Å². The molecule has 5 nitrogen and oxygen atoms in total. The van der Waals surface area contributed by atoms with Crippen LogP contribution in [0.2, 0.25) is 0 Å². The number of aliphatic imine (C=N–C) groups is 1. The zero-order valence-electron chi connectivity index (χ0n) is 16.3. The van der Waals surface area contributed by atoms with Gasteiger partial charge in [-0.1, -0.05) is 18.2 Å². The van der Waals surface area contributed by atoms with Crippen molar-refractivity contribution >= 4 is 41.3 Å². The van der Waals surface area contributed by atoms with E-state index in [0.717, 1.165) is 37.7 Å². The minimum atomic E-state index is 0. The maximum atomic E-state index is 5.76. The van der Waals surface area contributed by atoms with E-state index < -0.39 is 0 Å². The average Bonchev–Trinajstić information content (AvgIpc) is 3.18. The molecule has 2 rings (SSSR count). The normalized spacial score (nSPS) is 11.0. The molecule has 0 fully saturated rings. The smallest absolute Gasteiger partial charge is 0.193 e. The first kappa shape index (κ1) is 23.7. The van der Waals surface area contributed by atoms with Crippen LogP contribution in [0.15, 0.2) is 46.8 Å². The van der Waals surface area contributed by atoms with Crippen LogP contribution in [-0.4, -0.2) is 51.8 Å². The minimum Gasteiger partial charge on any atom is -0.493 e. The van der Waals surface area contributed by atoms with Crippen LogP contribution in [0.4, 0.5) is 0 Å². The second-order valence-electron chi connectivity index (χ2n) is 5.99. The number of thiophene rings is 1. The van der Waals surface area contributed by atoms with E-state index >= 15 is 0 Å². The van der Waals surface area contributed by atoms with E-state index in [9.17, 15) is 0 Å². The van der Waals surface area contributed by atoms with Crippen molar-refractivity contribution in [1.82, 2.24) is 10.2 Å². The van der Waals surface area contributed by atoms with Gasteiger partial charge in [-0.25, -0.2) is 0 Å². The highest BCUT2D eigenvalue weighted by Crippen LogP contribution is 2.14. The summed E-state index contributed by atoms with van der Waals surface area (Å²) in [5, 5.41) is 5.54. The molecule has 1 aromatic carbocycles. The van der Waals surface area contributed by atoms with Crippen molar-refractivity contribution in [3.8, 4) is 5.75 Å². The summed E-state index contributed by atoms with van der Waals surface area (Å²) in [6.45, 7) is 3.03. The standard InChI is InChI=1S/C20H29N3O2S.HI/c1-21-20(23(2)11-10-19-9-5-14-26-19)22-16-17-7-4-8-18(15-17)25-13-6-12-24-3;/h4-5,7-9,14-15H,6,10-13,16H2,1-3H3,(H,21,22);1H. The average molecular weight is 503 g/mol. The van der Waals surface area contributed by atoms with E-state index in [1.807, 2.05) is 19.2 Å². The summed E-state index contributed by atoms with van der Waals surface area (Å²) in [7, 11) is 5.59. The number of nitrogens with one attached hydrogen (secondary N) is 1. The molecule has 2 aromatic rings. The van der Waals surface area contributed by atoms with Gasteiger partial charge in [-0.15, -0.1) is 35.3 Å². The lowest BCUT2D eigenvalue weighted by Crippen LogP contribution is -2.39.